The zero-order chi connectivity index (χ0) is 27.2. The van der Waals surface area contributed by atoms with Crippen molar-refractivity contribution in [2.24, 2.45) is 5.10 Å². The molecule has 0 bridgehead atoms. The molecule has 1 heterocycles. The Morgan fingerprint density at radius 1 is 1.00 bits per heavy atom. The summed E-state index contributed by atoms with van der Waals surface area (Å²) in [5.74, 6) is 1.01. The van der Waals surface area contributed by atoms with Crippen molar-refractivity contribution in [1.82, 2.24) is 9.66 Å². The Balaban J connectivity index is 1.44. The smallest absolute Gasteiger partial charge is 0.282 e. The summed E-state index contributed by atoms with van der Waals surface area (Å²) in [6, 6.07) is 29.4. The molecule has 0 saturated heterocycles. The molecule has 0 aliphatic carbocycles. The van der Waals surface area contributed by atoms with Gasteiger partial charge < -0.3 is 14.8 Å². The SMILES string of the molecule is COc1cc(C=Nn2c(-c3ccccc3)nc3ccccc3c2=O)cc(I)c1OCC(=O)Nc1ccccc1. The first kappa shape index (κ1) is 26.1. The second-order valence-electron chi connectivity index (χ2n) is 8.42. The molecule has 0 aliphatic rings. The molecule has 1 amide bonds. The molecule has 0 unspecified atom stereocenters. The fourth-order valence-corrected chi connectivity index (χ4v) is 4.72. The van der Waals surface area contributed by atoms with Crippen LogP contribution in [0.25, 0.3) is 22.3 Å². The lowest BCUT2D eigenvalue weighted by atomic mass is 10.2. The van der Waals surface area contributed by atoms with Crippen molar-refractivity contribution >= 4 is 51.3 Å². The van der Waals surface area contributed by atoms with Crippen LogP contribution >= 0.6 is 22.6 Å². The van der Waals surface area contributed by atoms with Crippen molar-refractivity contribution in [3.05, 3.63) is 117 Å². The molecule has 1 N–H and O–H groups in total. The fourth-order valence-electron chi connectivity index (χ4n) is 3.94. The molecular weight excluding hydrogens is 607 g/mol. The third kappa shape index (κ3) is 5.99. The molecular formula is C30H23IN4O4. The number of aromatic nitrogens is 2. The predicted octanol–water partition coefficient (Wildman–Crippen LogP) is 5.58. The van der Waals surface area contributed by atoms with Crippen molar-refractivity contribution in [3.8, 4) is 22.9 Å². The molecule has 8 nitrogen and oxygen atoms in total. The molecule has 0 radical (unpaired) electrons. The van der Waals surface area contributed by atoms with Gasteiger partial charge in [0.05, 0.1) is 27.8 Å². The van der Waals surface area contributed by atoms with Crippen LogP contribution in [0.1, 0.15) is 5.56 Å². The molecule has 0 fully saturated rings. The minimum atomic E-state index is -0.290. The maximum Gasteiger partial charge on any atom is 0.282 e. The number of fused-ring (bicyclic) bond motifs is 1. The van der Waals surface area contributed by atoms with E-state index in [-0.39, 0.29) is 18.1 Å². The Hall–Kier alpha value is -4.51. The first-order valence-electron chi connectivity index (χ1n) is 12.0. The number of carbonyl (C=O) groups is 1. The number of hydrogen-bond acceptors (Lipinski definition) is 6. The first-order chi connectivity index (χ1) is 19.0. The summed E-state index contributed by atoms with van der Waals surface area (Å²) >= 11 is 2.11. The zero-order valence-electron chi connectivity index (χ0n) is 20.9. The highest BCUT2D eigenvalue weighted by atomic mass is 127. The van der Waals surface area contributed by atoms with E-state index >= 15 is 0 Å². The second kappa shape index (κ2) is 11.9. The van der Waals surface area contributed by atoms with Gasteiger partial charge in [-0.3, -0.25) is 9.59 Å². The molecule has 0 spiro atoms. The van der Waals surface area contributed by atoms with Crippen LogP contribution in [0.15, 0.2) is 107 Å². The number of carbonyl (C=O) groups excluding carboxylic acids is 1. The van der Waals surface area contributed by atoms with Gasteiger partial charge in [-0.25, -0.2) is 4.98 Å². The summed E-state index contributed by atoms with van der Waals surface area (Å²) in [5, 5.41) is 7.78. The van der Waals surface area contributed by atoms with E-state index in [0.717, 1.165) is 5.56 Å². The maximum absolute atomic E-state index is 13.4. The highest BCUT2D eigenvalue weighted by Crippen LogP contribution is 2.33. The normalized spacial score (nSPS) is 11.0. The highest BCUT2D eigenvalue weighted by molar-refractivity contribution is 14.1. The van der Waals surface area contributed by atoms with Crippen molar-refractivity contribution in [1.29, 1.82) is 0 Å². The van der Waals surface area contributed by atoms with E-state index < -0.39 is 0 Å². The van der Waals surface area contributed by atoms with Gasteiger partial charge in [-0.1, -0.05) is 60.7 Å². The van der Waals surface area contributed by atoms with E-state index in [1.54, 1.807) is 36.5 Å². The number of halogens is 1. The number of nitrogens with one attached hydrogen (secondary N) is 1. The molecule has 1 aromatic heterocycles. The average molecular weight is 630 g/mol. The molecule has 4 aromatic carbocycles. The number of benzene rings is 4. The van der Waals surface area contributed by atoms with Crippen LogP contribution in [0.2, 0.25) is 0 Å². The Morgan fingerprint density at radius 2 is 1.69 bits per heavy atom. The van der Waals surface area contributed by atoms with Crippen molar-refractivity contribution in [3.63, 3.8) is 0 Å². The monoisotopic (exact) mass is 630 g/mol. The molecule has 9 heteroatoms. The Labute approximate surface area is 238 Å². The lowest BCUT2D eigenvalue weighted by molar-refractivity contribution is -0.118. The van der Waals surface area contributed by atoms with Crippen LogP contribution in [-0.2, 0) is 4.79 Å². The average Bonchev–Trinajstić information content (AvgIpc) is 2.96. The summed E-state index contributed by atoms with van der Waals surface area (Å²) in [4.78, 5) is 30.5. The summed E-state index contributed by atoms with van der Waals surface area (Å²) in [7, 11) is 1.52. The Morgan fingerprint density at radius 3 is 2.44 bits per heavy atom. The third-order valence-corrected chi connectivity index (χ3v) is 6.57. The van der Waals surface area contributed by atoms with E-state index in [1.807, 2.05) is 66.7 Å². The van der Waals surface area contributed by atoms with Crippen LogP contribution < -0.4 is 20.3 Å². The summed E-state index contributed by atoms with van der Waals surface area (Å²) in [5.41, 5.74) is 2.45. The second-order valence-corrected chi connectivity index (χ2v) is 9.58. The van der Waals surface area contributed by atoms with Crippen molar-refractivity contribution < 1.29 is 14.3 Å². The number of rotatable bonds is 8. The number of ether oxygens (including phenoxy) is 2. The quantitative estimate of drug-likeness (QED) is 0.179. The number of anilines is 1. The van der Waals surface area contributed by atoms with Crippen molar-refractivity contribution in [2.45, 2.75) is 0 Å². The predicted molar refractivity (Wildman–Crippen MR) is 161 cm³/mol. The summed E-state index contributed by atoms with van der Waals surface area (Å²) in [6.07, 6.45) is 1.57. The van der Waals surface area contributed by atoms with Crippen molar-refractivity contribution in [2.75, 3.05) is 19.0 Å². The van der Waals surface area contributed by atoms with Gasteiger partial charge in [0.1, 0.15) is 0 Å². The fraction of sp³-hybridized carbons (Fsp3) is 0.0667. The number of nitrogens with zero attached hydrogens (tertiary/aromatic N) is 3. The molecule has 0 atom stereocenters. The van der Waals surface area contributed by atoms with Gasteiger partial charge in [-0.2, -0.15) is 9.78 Å². The van der Waals surface area contributed by atoms with Gasteiger partial charge in [0.25, 0.3) is 11.5 Å². The largest absolute Gasteiger partial charge is 0.493 e. The summed E-state index contributed by atoms with van der Waals surface area (Å²) in [6.45, 7) is -0.187. The lowest BCUT2D eigenvalue weighted by Crippen LogP contribution is -2.21. The van der Waals surface area contributed by atoms with E-state index in [9.17, 15) is 9.59 Å². The van der Waals surface area contributed by atoms with E-state index in [1.165, 1.54) is 11.8 Å². The minimum absolute atomic E-state index is 0.187. The Kier molecular flexibility index (Phi) is 7.97. The topological polar surface area (TPSA) is 94.8 Å². The van der Waals surface area contributed by atoms with E-state index in [4.69, 9.17) is 14.5 Å². The number of hydrogen-bond donors (Lipinski definition) is 1. The van der Waals surface area contributed by atoms with Crippen LogP contribution in [0.3, 0.4) is 0 Å². The van der Waals surface area contributed by atoms with Crippen LogP contribution in [-0.4, -0.2) is 35.5 Å². The number of amides is 1. The van der Waals surface area contributed by atoms with E-state index in [2.05, 4.69) is 33.0 Å². The lowest BCUT2D eigenvalue weighted by Gasteiger charge is -2.14. The maximum atomic E-state index is 13.4. The van der Waals surface area contributed by atoms with E-state index in [0.29, 0.717) is 43.0 Å². The first-order valence-corrected chi connectivity index (χ1v) is 13.1. The van der Waals surface area contributed by atoms with Crippen LogP contribution in [0.4, 0.5) is 5.69 Å². The molecule has 5 rings (SSSR count). The van der Waals surface area contributed by atoms with Gasteiger partial charge in [-0.05, 0) is 64.6 Å². The Bertz CT molecular complexity index is 1720. The number of para-hydroxylation sites is 2. The minimum Gasteiger partial charge on any atom is -0.493 e. The summed E-state index contributed by atoms with van der Waals surface area (Å²) < 4.78 is 13.4. The third-order valence-electron chi connectivity index (χ3n) is 5.76. The number of methoxy groups -OCH3 is 1. The molecule has 194 valence electrons. The van der Waals surface area contributed by atoms with Gasteiger partial charge in [0.2, 0.25) is 0 Å². The highest BCUT2D eigenvalue weighted by Gasteiger charge is 2.15. The molecule has 0 saturated carbocycles. The van der Waals surface area contributed by atoms with Crippen LogP contribution in [0.5, 0.6) is 11.5 Å². The van der Waals surface area contributed by atoms with Gasteiger partial charge >= 0.3 is 0 Å². The van der Waals surface area contributed by atoms with Crippen LogP contribution in [0, 0.1) is 3.57 Å². The van der Waals surface area contributed by atoms with Gasteiger partial charge in [0, 0.05) is 11.3 Å². The van der Waals surface area contributed by atoms with Gasteiger partial charge in [0.15, 0.2) is 23.9 Å². The van der Waals surface area contributed by atoms with Gasteiger partial charge in [-0.15, -0.1) is 0 Å². The standard InChI is InChI=1S/C30H23IN4O4/c1-38-26-17-20(16-24(31)28(26)39-19-27(36)33-22-12-6-3-7-13-22)18-32-35-29(21-10-4-2-5-11-21)34-25-15-9-8-14-23(25)30(35)37/h2-18H,19H2,1H3,(H,33,36). The molecule has 5 aromatic rings. The molecule has 39 heavy (non-hydrogen) atoms. The zero-order valence-corrected chi connectivity index (χ0v) is 23.0. The molecule has 0 aliphatic heterocycles.